The molecule has 1 atom stereocenters. The molecule has 1 unspecified atom stereocenters. The smallest absolute Gasteiger partial charge is 0.406 e. The van der Waals surface area contributed by atoms with Gasteiger partial charge in [-0.05, 0) is 31.0 Å². The van der Waals surface area contributed by atoms with Crippen molar-refractivity contribution in [2.24, 2.45) is 0 Å². The Morgan fingerprint density at radius 1 is 1.27 bits per heavy atom. The van der Waals surface area contributed by atoms with Crippen molar-refractivity contribution in [1.29, 1.82) is 0 Å². The SMILES string of the molecule is [N-]=[N+]=C(C1(S(=O)O)CCCCC1)S(=O)(=O)c1cccc(OC(F)(F)F)c1. The van der Waals surface area contributed by atoms with Gasteiger partial charge in [0, 0.05) is 0 Å². The lowest BCUT2D eigenvalue weighted by molar-refractivity contribution is -0.274. The van der Waals surface area contributed by atoms with Crippen LogP contribution in [-0.2, 0) is 20.9 Å². The Labute approximate surface area is 150 Å². The molecule has 0 saturated heterocycles. The second-order valence-electron chi connectivity index (χ2n) is 5.74. The normalized spacial score (nSPS) is 18.6. The monoisotopic (exact) mass is 412 g/mol. The van der Waals surface area contributed by atoms with Crippen molar-refractivity contribution >= 4 is 26.0 Å². The maximum Gasteiger partial charge on any atom is 0.573 e. The van der Waals surface area contributed by atoms with Gasteiger partial charge in [-0.3, -0.25) is 0 Å². The number of nitrogens with zero attached hydrogens (tertiary/aromatic N) is 2. The Balaban J connectivity index is 2.52. The van der Waals surface area contributed by atoms with Crippen LogP contribution in [0.2, 0.25) is 0 Å². The Morgan fingerprint density at radius 2 is 1.88 bits per heavy atom. The van der Waals surface area contributed by atoms with Gasteiger partial charge in [-0.15, -0.1) is 13.2 Å². The second kappa shape index (κ2) is 7.47. The number of sulfone groups is 1. The number of rotatable bonds is 4. The maximum absolute atomic E-state index is 12.8. The van der Waals surface area contributed by atoms with Crippen LogP contribution in [0.1, 0.15) is 32.1 Å². The van der Waals surface area contributed by atoms with Crippen LogP contribution in [0.4, 0.5) is 13.2 Å². The fraction of sp³-hybridized carbons (Fsp3) is 0.500. The quantitative estimate of drug-likeness (QED) is 0.268. The summed E-state index contributed by atoms with van der Waals surface area (Å²) in [5.74, 6) is -0.779. The van der Waals surface area contributed by atoms with Gasteiger partial charge in [0.15, 0.2) is 15.8 Å². The third-order valence-electron chi connectivity index (χ3n) is 4.08. The highest BCUT2D eigenvalue weighted by molar-refractivity contribution is 8.08. The van der Waals surface area contributed by atoms with Gasteiger partial charge in [-0.1, -0.05) is 25.3 Å². The Kier molecular flexibility index (Phi) is 5.91. The molecule has 144 valence electrons. The van der Waals surface area contributed by atoms with Gasteiger partial charge in [0.2, 0.25) is 0 Å². The lowest BCUT2D eigenvalue weighted by Gasteiger charge is -2.29. The molecule has 0 amide bonds. The minimum atomic E-state index is -5.02. The summed E-state index contributed by atoms with van der Waals surface area (Å²) in [7, 11) is -4.63. The highest BCUT2D eigenvalue weighted by atomic mass is 32.2. The summed E-state index contributed by atoms with van der Waals surface area (Å²) in [5, 5.41) is -0.935. The predicted octanol–water partition coefficient (Wildman–Crippen LogP) is 2.91. The van der Waals surface area contributed by atoms with E-state index in [0.29, 0.717) is 25.3 Å². The van der Waals surface area contributed by atoms with Gasteiger partial charge < -0.3 is 14.8 Å². The van der Waals surface area contributed by atoms with E-state index in [9.17, 15) is 35.9 Å². The topological polar surface area (TPSA) is 117 Å². The highest BCUT2D eigenvalue weighted by Gasteiger charge is 2.56. The van der Waals surface area contributed by atoms with Crippen molar-refractivity contribution in [1.82, 2.24) is 0 Å². The van der Waals surface area contributed by atoms with E-state index in [4.69, 9.17) is 0 Å². The molecule has 0 aliphatic heterocycles. The van der Waals surface area contributed by atoms with Crippen LogP contribution in [0.3, 0.4) is 0 Å². The van der Waals surface area contributed by atoms with Crippen molar-refractivity contribution in [2.45, 2.75) is 48.1 Å². The molecular weight excluding hydrogens is 397 g/mol. The van der Waals surface area contributed by atoms with Crippen LogP contribution in [-0.4, -0.2) is 38.1 Å². The van der Waals surface area contributed by atoms with E-state index in [0.717, 1.165) is 18.2 Å². The van der Waals surface area contributed by atoms with Crippen LogP contribution in [0.5, 0.6) is 5.75 Å². The number of hydrogen-bond acceptors (Lipinski definition) is 4. The molecule has 1 N–H and O–H groups in total. The zero-order valence-electron chi connectivity index (χ0n) is 13.3. The number of ether oxygens (including phenoxy) is 1. The van der Waals surface area contributed by atoms with Crippen molar-refractivity contribution in [3.8, 4) is 5.75 Å². The zero-order valence-corrected chi connectivity index (χ0v) is 14.9. The average molecular weight is 412 g/mol. The summed E-state index contributed by atoms with van der Waals surface area (Å²) in [6.07, 6.45) is -3.43. The summed E-state index contributed by atoms with van der Waals surface area (Å²) < 4.78 is 86.1. The molecule has 1 fully saturated rings. The Bertz CT molecular complexity index is 858. The van der Waals surface area contributed by atoms with Crippen molar-refractivity contribution in [3.05, 3.63) is 29.8 Å². The molecule has 26 heavy (non-hydrogen) atoms. The van der Waals surface area contributed by atoms with E-state index < -0.39 is 47.7 Å². The lowest BCUT2D eigenvalue weighted by Crippen LogP contribution is -2.48. The number of hydrogen-bond donors (Lipinski definition) is 1. The van der Waals surface area contributed by atoms with Crippen LogP contribution in [0.15, 0.2) is 29.2 Å². The minimum absolute atomic E-state index is 0.00647. The fourth-order valence-electron chi connectivity index (χ4n) is 2.93. The fourth-order valence-corrected chi connectivity index (χ4v) is 5.85. The first kappa shape index (κ1) is 20.6. The van der Waals surface area contributed by atoms with Gasteiger partial charge in [0.1, 0.15) is 5.75 Å². The first-order valence-electron chi connectivity index (χ1n) is 7.47. The van der Waals surface area contributed by atoms with E-state index in [1.807, 2.05) is 0 Å². The summed E-state index contributed by atoms with van der Waals surface area (Å²) in [4.78, 5) is 2.13. The van der Waals surface area contributed by atoms with Crippen molar-refractivity contribution in [3.63, 3.8) is 0 Å². The zero-order chi connectivity index (χ0) is 19.6. The van der Waals surface area contributed by atoms with Crippen LogP contribution in [0, 0.1) is 0 Å². The van der Waals surface area contributed by atoms with E-state index in [1.165, 1.54) is 0 Å². The van der Waals surface area contributed by atoms with Gasteiger partial charge >= 0.3 is 11.4 Å². The molecule has 1 saturated carbocycles. The molecule has 1 aliphatic carbocycles. The Hall–Kier alpha value is -1.75. The van der Waals surface area contributed by atoms with E-state index in [-0.39, 0.29) is 12.8 Å². The molecule has 0 heterocycles. The summed E-state index contributed by atoms with van der Waals surface area (Å²) in [5.41, 5.74) is 9.30. The Morgan fingerprint density at radius 3 is 2.38 bits per heavy atom. The first-order valence-corrected chi connectivity index (χ1v) is 10.1. The van der Waals surface area contributed by atoms with Crippen LogP contribution < -0.4 is 4.74 Å². The standard InChI is InChI=1S/C14H15F3N2O5S2/c15-14(16,17)24-10-5-4-6-11(9-10)26(22,23)12(19-18)13(25(20)21)7-2-1-3-8-13/h4-6,9H,1-3,7-8H2,(H,20,21). The molecule has 1 aromatic carbocycles. The van der Waals surface area contributed by atoms with E-state index in [1.54, 1.807) is 0 Å². The summed E-state index contributed by atoms with van der Waals surface area (Å²) in [6, 6.07) is 3.53. The van der Waals surface area contributed by atoms with E-state index in [2.05, 4.69) is 9.53 Å². The second-order valence-corrected chi connectivity index (χ2v) is 8.88. The molecule has 0 spiro atoms. The molecule has 0 bridgehead atoms. The highest BCUT2D eigenvalue weighted by Crippen LogP contribution is 2.37. The summed E-state index contributed by atoms with van der Waals surface area (Å²) >= 11 is -2.66. The van der Waals surface area contributed by atoms with Gasteiger partial charge in [0.25, 0.3) is 9.84 Å². The number of benzene rings is 1. The van der Waals surface area contributed by atoms with Gasteiger partial charge in [-0.25, -0.2) is 12.6 Å². The predicted molar refractivity (Wildman–Crippen MR) is 85.5 cm³/mol. The molecule has 1 aromatic rings. The molecule has 12 heteroatoms. The maximum atomic E-state index is 12.8. The average Bonchev–Trinajstić information content (AvgIpc) is 2.54. The van der Waals surface area contributed by atoms with Gasteiger partial charge in [0.05, 0.1) is 4.90 Å². The third kappa shape index (κ3) is 4.14. The molecule has 2 rings (SSSR count). The van der Waals surface area contributed by atoms with E-state index >= 15 is 0 Å². The molecular formula is C14H15F3N2O5S2. The first-order chi connectivity index (χ1) is 12.0. The van der Waals surface area contributed by atoms with Crippen LogP contribution in [0.25, 0.3) is 5.53 Å². The number of alkyl halides is 3. The molecule has 7 nitrogen and oxygen atoms in total. The lowest BCUT2D eigenvalue weighted by atomic mass is 9.89. The largest absolute Gasteiger partial charge is 0.573 e. The summed E-state index contributed by atoms with van der Waals surface area (Å²) in [6.45, 7) is 0. The van der Waals surface area contributed by atoms with Crippen molar-refractivity contribution in [2.75, 3.05) is 0 Å². The molecule has 0 radical (unpaired) electrons. The van der Waals surface area contributed by atoms with Crippen molar-refractivity contribution < 1.29 is 39.9 Å². The molecule has 0 aromatic heterocycles. The third-order valence-corrected chi connectivity index (χ3v) is 7.34. The minimum Gasteiger partial charge on any atom is -0.406 e. The number of halogens is 3. The molecule has 1 aliphatic rings. The van der Waals surface area contributed by atoms with Crippen LogP contribution >= 0.6 is 0 Å². The van der Waals surface area contributed by atoms with Gasteiger partial charge in [-0.2, -0.15) is 4.79 Å².